The largest absolute Gasteiger partial charge is 0.355 e. The van der Waals surface area contributed by atoms with Crippen LogP contribution in [-0.4, -0.2) is 9.97 Å². The van der Waals surface area contributed by atoms with Crippen LogP contribution in [0.3, 0.4) is 0 Å². The first kappa shape index (κ1) is 23.0. The number of allylic oxidation sites excluding steroid dienone is 3. The van der Waals surface area contributed by atoms with Crippen LogP contribution in [0.1, 0.15) is 11.3 Å². The lowest BCUT2D eigenvalue weighted by molar-refractivity contribution is 1.37. The van der Waals surface area contributed by atoms with Gasteiger partial charge in [-0.1, -0.05) is 78.9 Å². The van der Waals surface area contributed by atoms with Crippen molar-refractivity contribution in [2.75, 3.05) is 5.32 Å². The van der Waals surface area contributed by atoms with Crippen molar-refractivity contribution in [3.8, 4) is 0 Å². The Labute approximate surface area is 205 Å². The van der Waals surface area contributed by atoms with Gasteiger partial charge in [0.05, 0.1) is 16.7 Å². The number of nitrogens with zero attached hydrogens (tertiary/aromatic N) is 2. The van der Waals surface area contributed by atoms with Gasteiger partial charge in [0, 0.05) is 28.4 Å². The van der Waals surface area contributed by atoms with Crippen molar-refractivity contribution in [3.05, 3.63) is 138 Å². The molecule has 3 nitrogen and oxygen atoms in total. The summed E-state index contributed by atoms with van der Waals surface area (Å²) in [5, 5.41) is 5.78. The molecule has 166 valence electrons. The Kier molecular flexibility index (Phi) is 7.49. The molecule has 0 aliphatic carbocycles. The Balaban J connectivity index is 0.000000209. The van der Waals surface area contributed by atoms with E-state index in [4.69, 9.17) is 0 Å². The third-order valence-electron chi connectivity index (χ3n) is 5.36. The topological polar surface area (TPSA) is 37.8 Å². The van der Waals surface area contributed by atoms with Crippen LogP contribution in [-0.2, 0) is 0 Å². The molecule has 2 aromatic heterocycles. The number of aromatic nitrogens is 2. The predicted molar refractivity (Wildman–Crippen MR) is 147 cm³/mol. The maximum atomic E-state index is 4.64. The second-order valence-electron chi connectivity index (χ2n) is 7.65. The van der Waals surface area contributed by atoms with Gasteiger partial charge in [-0.15, -0.1) is 12.4 Å². The number of hydrogen-bond acceptors (Lipinski definition) is 3. The summed E-state index contributed by atoms with van der Waals surface area (Å²) in [7, 11) is 0. The van der Waals surface area contributed by atoms with Crippen molar-refractivity contribution in [1.29, 1.82) is 0 Å². The molecule has 0 unspecified atom stereocenters. The molecule has 1 N–H and O–H groups in total. The van der Waals surface area contributed by atoms with Crippen LogP contribution in [0.4, 0.5) is 5.69 Å². The molecule has 5 aromatic rings. The molecule has 34 heavy (non-hydrogen) atoms. The minimum atomic E-state index is 0. The van der Waals surface area contributed by atoms with Gasteiger partial charge in [-0.3, -0.25) is 4.98 Å². The van der Waals surface area contributed by atoms with Crippen LogP contribution >= 0.6 is 12.4 Å². The molecule has 0 saturated carbocycles. The third-order valence-corrected chi connectivity index (χ3v) is 5.36. The van der Waals surface area contributed by atoms with E-state index in [1.807, 2.05) is 79.0 Å². The van der Waals surface area contributed by atoms with E-state index in [0.717, 1.165) is 33.5 Å². The summed E-state index contributed by atoms with van der Waals surface area (Å²) >= 11 is 0. The zero-order chi connectivity index (χ0) is 22.3. The molecule has 4 heteroatoms. The molecular formula is C30H24ClN3. The van der Waals surface area contributed by atoms with Crippen LogP contribution in [0.5, 0.6) is 0 Å². The van der Waals surface area contributed by atoms with E-state index in [9.17, 15) is 0 Å². The molecule has 1 aliphatic rings. The lowest BCUT2D eigenvalue weighted by atomic mass is 10.1. The molecule has 0 spiro atoms. The smallest absolute Gasteiger partial charge is 0.0709 e. The standard InChI is InChI=1S/C21H16N2.C9H7N.ClH/c1-3-10-20-16(6-1)12-14-18(22-20)8-5-9-19-15-13-17-7-2-4-11-21(17)23-19;1-2-6-9-8(4-1)5-3-7-10-9;/h1-15,22H;1-7H;1H. The highest BCUT2D eigenvalue weighted by atomic mass is 35.5. The summed E-state index contributed by atoms with van der Waals surface area (Å²) in [6.45, 7) is 0. The fraction of sp³-hybridized carbons (Fsp3) is 0. The highest BCUT2D eigenvalue weighted by Gasteiger charge is 2.04. The van der Waals surface area contributed by atoms with Crippen molar-refractivity contribution >= 4 is 52.1 Å². The van der Waals surface area contributed by atoms with Crippen LogP contribution in [0.15, 0.2) is 127 Å². The molecule has 6 rings (SSSR count). The molecule has 0 amide bonds. The number of halogens is 1. The minimum absolute atomic E-state index is 0. The molecule has 0 radical (unpaired) electrons. The molecule has 0 saturated heterocycles. The van der Waals surface area contributed by atoms with E-state index in [1.54, 1.807) is 0 Å². The molecular weight excluding hydrogens is 438 g/mol. The maximum absolute atomic E-state index is 4.64. The average molecular weight is 462 g/mol. The summed E-state index contributed by atoms with van der Waals surface area (Å²) in [6, 6.07) is 32.7. The molecule has 0 bridgehead atoms. The van der Waals surface area contributed by atoms with Crippen LogP contribution in [0.2, 0.25) is 0 Å². The van der Waals surface area contributed by atoms with E-state index in [2.05, 4.69) is 69.9 Å². The van der Waals surface area contributed by atoms with Crippen LogP contribution in [0, 0.1) is 0 Å². The van der Waals surface area contributed by atoms with Gasteiger partial charge < -0.3 is 5.32 Å². The molecule has 3 aromatic carbocycles. The molecule has 0 fully saturated rings. The number of fused-ring (bicyclic) bond motifs is 3. The minimum Gasteiger partial charge on any atom is -0.355 e. The Morgan fingerprint density at radius 3 is 2.21 bits per heavy atom. The van der Waals surface area contributed by atoms with Gasteiger partial charge in [-0.05, 0) is 54.1 Å². The normalized spacial score (nSPS) is 13.1. The van der Waals surface area contributed by atoms with E-state index in [1.165, 1.54) is 10.9 Å². The van der Waals surface area contributed by atoms with Gasteiger partial charge in [-0.25, -0.2) is 4.98 Å². The Morgan fingerprint density at radius 1 is 0.647 bits per heavy atom. The Hall–Kier alpha value is -4.21. The highest BCUT2D eigenvalue weighted by Crippen LogP contribution is 2.24. The number of anilines is 1. The predicted octanol–water partition coefficient (Wildman–Crippen LogP) is 7.93. The van der Waals surface area contributed by atoms with Gasteiger partial charge in [0.1, 0.15) is 0 Å². The van der Waals surface area contributed by atoms with Gasteiger partial charge in [0.25, 0.3) is 0 Å². The number of nitrogens with one attached hydrogen (secondary N) is 1. The summed E-state index contributed by atoms with van der Waals surface area (Å²) in [6.07, 6.45) is 12.1. The first-order chi connectivity index (χ1) is 16.3. The number of para-hydroxylation sites is 3. The third kappa shape index (κ3) is 5.58. The van der Waals surface area contributed by atoms with Crippen molar-refractivity contribution in [1.82, 2.24) is 9.97 Å². The zero-order valence-corrected chi connectivity index (χ0v) is 19.3. The van der Waals surface area contributed by atoms with Gasteiger partial charge in [-0.2, -0.15) is 0 Å². The van der Waals surface area contributed by atoms with Gasteiger partial charge in [0.2, 0.25) is 0 Å². The number of rotatable bonds is 2. The average Bonchev–Trinajstić information content (AvgIpc) is 2.89. The first-order valence-electron chi connectivity index (χ1n) is 10.9. The number of hydrogen-bond donors (Lipinski definition) is 1. The van der Waals surface area contributed by atoms with E-state index in [0.29, 0.717) is 0 Å². The first-order valence-corrected chi connectivity index (χ1v) is 10.9. The monoisotopic (exact) mass is 461 g/mol. The summed E-state index contributed by atoms with van der Waals surface area (Å²) in [5.74, 6) is 0. The van der Waals surface area contributed by atoms with Gasteiger partial charge >= 0.3 is 0 Å². The van der Waals surface area contributed by atoms with Crippen molar-refractivity contribution < 1.29 is 0 Å². The number of pyridine rings is 2. The van der Waals surface area contributed by atoms with E-state index >= 15 is 0 Å². The summed E-state index contributed by atoms with van der Waals surface area (Å²) in [4.78, 5) is 8.82. The van der Waals surface area contributed by atoms with E-state index in [-0.39, 0.29) is 12.4 Å². The second kappa shape index (κ2) is 11.1. The lowest BCUT2D eigenvalue weighted by Crippen LogP contribution is -2.02. The van der Waals surface area contributed by atoms with Crippen LogP contribution < -0.4 is 5.32 Å². The SMILES string of the molecule is C(=Cc1ccc2ccccc2n1)C=C1C=Cc2ccccc2N1.Cl.c1ccc2ncccc2c1. The highest BCUT2D eigenvalue weighted by molar-refractivity contribution is 5.85. The quantitative estimate of drug-likeness (QED) is 0.290. The summed E-state index contributed by atoms with van der Waals surface area (Å²) in [5.41, 5.74) is 6.46. The van der Waals surface area contributed by atoms with E-state index < -0.39 is 0 Å². The van der Waals surface area contributed by atoms with Crippen molar-refractivity contribution in [3.63, 3.8) is 0 Å². The fourth-order valence-corrected chi connectivity index (χ4v) is 3.67. The van der Waals surface area contributed by atoms with Crippen molar-refractivity contribution in [2.24, 2.45) is 0 Å². The van der Waals surface area contributed by atoms with Crippen molar-refractivity contribution in [2.45, 2.75) is 0 Å². The number of benzene rings is 3. The lowest BCUT2D eigenvalue weighted by Gasteiger charge is -2.14. The second-order valence-corrected chi connectivity index (χ2v) is 7.65. The summed E-state index contributed by atoms with van der Waals surface area (Å²) < 4.78 is 0. The fourth-order valence-electron chi connectivity index (χ4n) is 3.67. The maximum Gasteiger partial charge on any atom is 0.0709 e. The van der Waals surface area contributed by atoms with Crippen LogP contribution in [0.25, 0.3) is 34.0 Å². The Bertz CT molecular complexity index is 1440. The molecule has 1 aliphatic heterocycles. The molecule has 0 atom stereocenters. The zero-order valence-electron chi connectivity index (χ0n) is 18.5. The van der Waals surface area contributed by atoms with Gasteiger partial charge in [0.15, 0.2) is 0 Å². The Morgan fingerprint density at radius 2 is 1.35 bits per heavy atom. The molecule has 3 heterocycles.